The second-order valence-electron chi connectivity index (χ2n) is 3.10. The molecule has 1 heterocycles. The zero-order valence-electron chi connectivity index (χ0n) is 8.50. The van der Waals surface area contributed by atoms with E-state index in [1.165, 1.54) is 12.5 Å². The van der Waals surface area contributed by atoms with E-state index in [2.05, 4.69) is 0 Å². The molecule has 0 aliphatic rings. The Balaban J connectivity index is 1.93. The minimum absolute atomic E-state index is 0.192. The number of furan rings is 1. The van der Waals surface area contributed by atoms with Crippen molar-refractivity contribution in [2.45, 2.75) is 0 Å². The van der Waals surface area contributed by atoms with Crippen molar-refractivity contribution in [3.05, 3.63) is 66.3 Å². The van der Waals surface area contributed by atoms with E-state index in [-0.39, 0.29) is 5.76 Å². The highest BCUT2D eigenvalue weighted by Gasteiger charge is 2.07. The molecule has 0 unspecified atom stereocenters. The first kappa shape index (κ1) is 10.2. The van der Waals surface area contributed by atoms with Gasteiger partial charge in [-0.05, 0) is 23.8 Å². The van der Waals surface area contributed by atoms with Crippen LogP contribution in [0.3, 0.4) is 0 Å². The fourth-order valence-corrected chi connectivity index (χ4v) is 1.19. The second-order valence-corrected chi connectivity index (χ2v) is 3.10. The van der Waals surface area contributed by atoms with Crippen LogP contribution in [0.2, 0.25) is 0 Å². The Morgan fingerprint density at radius 1 is 1.12 bits per heavy atom. The Morgan fingerprint density at radius 3 is 2.62 bits per heavy atom. The Kier molecular flexibility index (Phi) is 3.18. The second kappa shape index (κ2) is 4.98. The summed E-state index contributed by atoms with van der Waals surface area (Å²) < 4.78 is 9.77. The molecule has 2 rings (SSSR count). The molecule has 0 atom stereocenters. The lowest BCUT2D eigenvalue weighted by molar-refractivity contribution is 0.0630. The number of carbonyl (C=O) groups is 1. The predicted molar refractivity (Wildman–Crippen MR) is 59.6 cm³/mol. The third-order valence-electron chi connectivity index (χ3n) is 1.96. The molecule has 0 saturated heterocycles. The van der Waals surface area contributed by atoms with E-state index in [0.29, 0.717) is 0 Å². The maximum Gasteiger partial charge on any atom is 0.379 e. The van der Waals surface area contributed by atoms with Crippen LogP contribution in [0, 0.1) is 0 Å². The summed E-state index contributed by atoms with van der Waals surface area (Å²) in [4.78, 5) is 11.3. The highest BCUT2D eigenvalue weighted by Crippen LogP contribution is 2.05. The van der Waals surface area contributed by atoms with Crippen molar-refractivity contribution in [2.24, 2.45) is 0 Å². The molecule has 0 radical (unpaired) electrons. The summed E-state index contributed by atoms with van der Waals surface area (Å²) in [5.41, 5.74) is 0.967. The molecule has 0 amide bonds. The standard InChI is InChI=1S/C13H10O3/c14-13(12-7-4-9-15-12)16-10-8-11-5-2-1-3-6-11/h1-10H/b10-8+. The molecular weight excluding hydrogens is 204 g/mol. The van der Waals surface area contributed by atoms with Crippen LogP contribution >= 0.6 is 0 Å². The van der Waals surface area contributed by atoms with Crippen molar-refractivity contribution in [3.8, 4) is 0 Å². The number of esters is 1. The van der Waals surface area contributed by atoms with Gasteiger partial charge in [0, 0.05) is 0 Å². The van der Waals surface area contributed by atoms with E-state index >= 15 is 0 Å². The van der Waals surface area contributed by atoms with E-state index in [4.69, 9.17) is 9.15 Å². The number of carbonyl (C=O) groups excluding carboxylic acids is 1. The Bertz CT molecular complexity index is 469. The normalized spacial score (nSPS) is 10.5. The fourth-order valence-electron chi connectivity index (χ4n) is 1.19. The average Bonchev–Trinajstić information content (AvgIpc) is 2.84. The van der Waals surface area contributed by atoms with Gasteiger partial charge in [-0.15, -0.1) is 0 Å². The summed E-state index contributed by atoms with van der Waals surface area (Å²) in [7, 11) is 0. The van der Waals surface area contributed by atoms with Gasteiger partial charge in [-0.25, -0.2) is 4.79 Å². The van der Waals surface area contributed by atoms with Crippen LogP contribution in [-0.4, -0.2) is 5.97 Å². The maximum atomic E-state index is 11.3. The average molecular weight is 214 g/mol. The summed E-state index contributed by atoms with van der Waals surface area (Å²) in [6.45, 7) is 0. The van der Waals surface area contributed by atoms with Gasteiger partial charge >= 0.3 is 5.97 Å². The summed E-state index contributed by atoms with van der Waals surface area (Å²) in [6.07, 6.45) is 4.48. The van der Waals surface area contributed by atoms with Gasteiger partial charge in [0.15, 0.2) is 0 Å². The predicted octanol–water partition coefficient (Wildman–Crippen LogP) is 3.11. The van der Waals surface area contributed by atoms with Crippen LogP contribution in [0.4, 0.5) is 0 Å². The smallest absolute Gasteiger partial charge is 0.379 e. The summed E-state index contributed by atoms with van der Waals surface area (Å²) >= 11 is 0. The molecule has 1 aromatic carbocycles. The third-order valence-corrected chi connectivity index (χ3v) is 1.96. The van der Waals surface area contributed by atoms with Crippen LogP contribution in [0.5, 0.6) is 0 Å². The van der Waals surface area contributed by atoms with Crippen molar-refractivity contribution in [2.75, 3.05) is 0 Å². The van der Waals surface area contributed by atoms with Crippen molar-refractivity contribution in [3.63, 3.8) is 0 Å². The number of benzene rings is 1. The molecule has 0 aliphatic heterocycles. The van der Waals surface area contributed by atoms with Crippen LogP contribution in [0.25, 0.3) is 6.08 Å². The van der Waals surface area contributed by atoms with E-state index in [0.717, 1.165) is 5.56 Å². The molecule has 3 nitrogen and oxygen atoms in total. The first-order valence-corrected chi connectivity index (χ1v) is 4.82. The molecule has 0 bridgehead atoms. The summed E-state index contributed by atoms with van der Waals surface area (Å²) in [6, 6.07) is 12.8. The largest absolute Gasteiger partial charge is 0.457 e. The van der Waals surface area contributed by atoms with Crippen molar-refractivity contribution in [1.82, 2.24) is 0 Å². The van der Waals surface area contributed by atoms with Crippen molar-refractivity contribution in [1.29, 1.82) is 0 Å². The van der Waals surface area contributed by atoms with Gasteiger partial charge in [-0.1, -0.05) is 30.3 Å². The van der Waals surface area contributed by atoms with Crippen molar-refractivity contribution >= 4 is 12.0 Å². The van der Waals surface area contributed by atoms with E-state index < -0.39 is 5.97 Å². The first-order chi connectivity index (χ1) is 7.86. The molecule has 80 valence electrons. The molecule has 16 heavy (non-hydrogen) atoms. The molecule has 1 aromatic heterocycles. The third kappa shape index (κ3) is 2.60. The Hall–Kier alpha value is -2.29. The van der Waals surface area contributed by atoms with Gasteiger partial charge in [0.1, 0.15) is 0 Å². The van der Waals surface area contributed by atoms with Gasteiger partial charge in [-0.3, -0.25) is 0 Å². The van der Waals surface area contributed by atoms with E-state index in [1.807, 2.05) is 30.3 Å². The fraction of sp³-hybridized carbons (Fsp3) is 0. The monoisotopic (exact) mass is 214 g/mol. The van der Waals surface area contributed by atoms with Crippen LogP contribution in [-0.2, 0) is 4.74 Å². The lowest BCUT2D eigenvalue weighted by Crippen LogP contribution is -1.97. The SMILES string of the molecule is O=C(O/C=C/c1ccccc1)c1ccco1. The maximum absolute atomic E-state index is 11.3. The number of ether oxygens (including phenoxy) is 1. The molecule has 0 saturated carbocycles. The van der Waals surface area contributed by atoms with Gasteiger partial charge in [0.25, 0.3) is 0 Å². The van der Waals surface area contributed by atoms with E-state index in [9.17, 15) is 4.79 Å². The molecule has 0 fully saturated rings. The minimum Gasteiger partial charge on any atom is -0.457 e. The zero-order chi connectivity index (χ0) is 11.2. The van der Waals surface area contributed by atoms with Crippen LogP contribution in [0.1, 0.15) is 16.1 Å². The lowest BCUT2D eigenvalue weighted by Gasteiger charge is -1.94. The number of hydrogen-bond donors (Lipinski definition) is 0. The Morgan fingerprint density at radius 2 is 1.94 bits per heavy atom. The molecule has 2 aromatic rings. The minimum atomic E-state index is -0.503. The van der Waals surface area contributed by atoms with Gasteiger partial charge in [-0.2, -0.15) is 0 Å². The van der Waals surface area contributed by atoms with Gasteiger partial charge in [0.05, 0.1) is 12.5 Å². The highest BCUT2D eigenvalue weighted by molar-refractivity contribution is 5.86. The summed E-state index contributed by atoms with van der Waals surface area (Å²) in [5, 5.41) is 0. The molecule has 0 aliphatic carbocycles. The van der Waals surface area contributed by atoms with Gasteiger partial charge < -0.3 is 9.15 Å². The first-order valence-electron chi connectivity index (χ1n) is 4.82. The van der Waals surface area contributed by atoms with E-state index in [1.54, 1.807) is 18.2 Å². The summed E-state index contributed by atoms with van der Waals surface area (Å²) in [5.74, 6) is -0.310. The molecule has 3 heteroatoms. The van der Waals surface area contributed by atoms with Crippen molar-refractivity contribution < 1.29 is 13.9 Å². The Labute approximate surface area is 93.0 Å². The lowest BCUT2D eigenvalue weighted by atomic mass is 10.2. The highest BCUT2D eigenvalue weighted by atomic mass is 16.5. The van der Waals surface area contributed by atoms with Gasteiger partial charge in [0.2, 0.25) is 5.76 Å². The van der Waals surface area contributed by atoms with Crippen LogP contribution < -0.4 is 0 Å². The number of hydrogen-bond acceptors (Lipinski definition) is 3. The molecule has 0 N–H and O–H groups in total. The molecule has 0 spiro atoms. The number of rotatable bonds is 3. The zero-order valence-corrected chi connectivity index (χ0v) is 8.50. The topological polar surface area (TPSA) is 39.4 Å². The quantitative estimate of drug-likeness (QED) is 0.582. The molecular formula is C13H10O3. The van der Waals surface area contributed by atoms with Crippen LogP contribution in [0.15, 0.2) is 59.4 Å².